The molecule has 2 rings (SSSR count). The van der Waals surface area contributed by atoms with Gasteiger partial charge in [-0.05, 0) is 19.3 Å². The molecule has 2 N–H and O–H groups in total. The number of nitrogen functional groups attached to an aromatic ring is 1. The largest absolute Gasteiger partial charge is 0.368 e. The van der Waals surface area contributed by atoms with Crippen molar-refractivity contribution in [1.82, 2.24) is 19.7 Å². The molecule has 5 nitrogen and oxygen atoms in total. The summed E-state index contributed by atoms with van der Waals surface area (Å²) in [5.74, 6) is 0.875. The molecule has 0 atom stereocenters. The Morgan fingerprint density at radius 3 is 2.79 bits per heavy atom. The lowest BCUT2D eigenvalue weighted by Crippen LogP contribution is -2.01. The first-order valence-corrected chi connectivity index (χ1v) is 6.67. The number of nitrogens with two attached hydrogens (primary N) is 1. The van der Waals surface area contributed by atoms with Crippen LogP contribution in [0, 0.1) is 12.8 Å². The molecule has 0 unspecified atom stereocenters. The fourth-order valence-electron chi connectivity index (χ4n) is 1.77. The highest BCUT2D eigenvalue weighted by Gasteiger charge is 2.12. The number of hydrogen-bond donors (Lipinski definition) is 1. The normalized spacial score (nSPS) is 11.2. The van der Waals surface area contributed by atoms with Crippen LogP contribution in [-0.2, 0) is 6.54 Å². The summed E-state index contributed by atoms with van der Waals surface area (Å²) in [6.07, 6.45) is 4.78. The van der Waals surface area contributed by atoms with Crippen molar-refractivity contribution >= 4 is 17.5 Å². The zero-order chi connectivity index (χ0) is 14.0. The molecule has 2 heterocycles. The molecule has 0 spiro atoms. The Bertz CT molecular complexity index is 576. The summed E-state index contributed by atoms with van der Waals surface area (Å²) in [7, 11) is 0. The highest BCUT2D eigenvalue weighted by Crippen LogP contribution is 2.28. The Morgan fingerprint density at radius 2 is 2.11 bits per heavy atom. The summed E-state index contributed by atoms with van der Waals surface area (Å²) in [4.78, 5) is 8.23. The predicted molar refractivity (Wildman–Crippen MR) is 76.9 cm³/mol. The molecule has 102 valence electrons. The van der Waals surface area contributed by atoms with Gasteiger partial charge in [-0.3, -0.25) is 4.68 Å². The average molecular weight is 280 g/mol. The molecular formula is C13H18ClN5. The van der Waals surface area contributed by atoms with Crippen molar-refractivity contribution in [3.63, 3.8) is 0 Å². The maximum atomic E-state index is 6.22. The van der Waals surface area contributed by atoms with Gasteiger partial charge in [-0.25, -0.2) is 9.97 Å². The highest BCUT2D eigenvalue weighted by molar-refractivity contribution is 6.33. The predicted octanol–water partition coefficient (Wildman–Crippen LogP) is 2.93. The Kier molecular flexibility index (Phi) is 4.04. The van der Waals surface area contributed by atoms with Crippen LogP contribution in [0.2, 0.25) is 5.02 Å². The summed E-state index contributed by atoms with van der Waals surface area (Å²) in [6.45, 7) is 7.08. The number of halogens is 1. The third kappa shape index (κ3) is 3.23. The van der Waals surface area contributed by atoms with E-state index in [1.54, 1.807) is 6.20 Å². The quantitative estimate of drug-likeness (QED) is 0.934. The van der Waals surface area contributed by atoms with Gasteiger partial charge in [0.2, 0.25) is 5.95 Å². The van der Waals surface area contributed by atoms with Crippen LogP contribution < -0.4 is 5.73 Å². The summed E-state index contributed by atoms with van der Waals surface area (Å²) in [5.41, 5.74) is 7.85. The second-order valence-corrected chi connectivity index (χ2v) is 5.38. The third-order valence-corrected chi connectivity index (χ3v) is 3.33. The van der Waals surface area contributed by atoms with Crippen LogP contribution in [0.5, 0.6) is 0 Å². The molecule has 0 fully saturated rings. The first-order valence-electron chi connectivity index (χ1n) is 6.30. The van der Waals surface area contributed by atoms with Crippen molar-refractivity contribution in [1.29, 1.82) is 0 Å². The van der Waals surface area contributed by atoms with Crippen molar-refractivity contribution in [2.45, 2.75) is 33.7 Å². The van der Waals surface area contributed by atoms with Gasteiger partial charge >= 0.3 is 0 Å². The molecule has 2 aromatic rings. The van der Waals surface area contributed by atoms with Crippen molar-refractivity contribution in [2.75, 3.05) is 5.73 Å². The highest BCUT2D eigenvalue weighted by atomic mass is 35.5. The molecule has 0 aliphatic carbocycles. The molecule has 0 aromatic carbocycles. The van der Waals surface area contributed by atoms with Crippen molar-refractivity contribution < 1.29 is 0 Å². The molecule has 2 aromatic heterocycles. The smallest absolute Gasteiger partial charge is 0.220 e. The molecule has 6 heteroatoms. The van der Waals surface area contributed by atoms with Gasteiger partial charge in [0.05, 0.1) is 22.6 Å². The van der Waals surface area contributed by atoms with Gasteiger partial charge in [0.15, 0.2) is 0 Å². The zero-order valence-corrected chi connectivity index (χ0v) is 12.1. The van der Waals surface area contributed by atoms with Gasteiger partial charge in [0, 0.05) is 18.3 Å². The van der Waals surface area contributed by atoms with E-state index < -0.39 is 0 Å². The van der Waals surface area contributed by atoms with E-state index in [-0.39, 0.29) is 5.95 Å². The fourth-order valence-corrected chi connectivity index (χ4v) is 1.96. The van der Waals surface area contributed by atoms with Gasteiger partial charge in [0.1, 0.15) is 0 Å². The Morgan fingerprint density at radius 1 is 1.37 bits per heavy atom. The topological polar surface area (TPSA) is 69.6 Å². The maximum absolute atomic E-state index is 6.22. The molecule has 0 amide bonds. The van der Waals surface area contributed by atoms with Crippen LogP contribution in [0.3, 0.4) is 0 Å². The first kappa shape index (κ1) is 13.8. The van der Waals surface area contributed by atoms with E-state index in [0.29, 0.717) is 22.3 Å². The van der Waals surface area contributed by atoms with Gasteiger partial charge in [-0.2, -0.15) is 5.10 Å². The summed E-state index contributed by atoms with van der Waals surface area (Å²) in [6, 6.07) is 0. The fraction of sp³-hybridized carbons (Fsp3) is 0.462. The van der Waals surface area contributed by atoms with E-state index in [2.05, 4.69) is 28.9 Å². The number of anilines is 1. The molecule has 0 saturated heterocycles. The number of hydrogen-bond acceptors (Lipinski definition) is 4. The lowest BCUT2D eigenvalue weighted by Gasteiger charge is -2.05. The van der Waals surface area contributed by atoms with Crippen LogP contribution in [0.25, 0.3) is 11.3 Å². The summed E-state index contributed by atoms with van der Waals surface area (Å²) in [5, 5.41) is 4.85. The first-order chi connectivity index (χ1) is 8.97. The van der Waals surface area contributed by atoms with Gasteiger partial charge in [-0.1, -0.05) is 25.4 Å². The van der Waals surface area contributed by atoms with E-state index in [9.17, 15) is 0 Å². The summed E-state index contributed by atoms with van der Waals surface area (Å²) < 4.78 is 1.90. The Balaban J connectivity index is 2.28. The SMILES string of the molecule is Cc1nc(N)nc(-c2cnn(CCC(C)C)c2)c1Cl. The zero-order valence-electron chi connectivity index (χ0n) is 11.4. The molecule has 0 aliphatic heterocycles. The van der Waals surface area contributed by atoms with Crippen LogP contribution in [0.15, 0.2) is 12.4 Å². The molecule has 0 saturated carbocycles. The molecule has 0 aliphatic rings. The van der Waals surface area contributed by atoms with E-state index in [1.807, 2.05) is 17.8 Å². The number of aromatic nitrogens is 4. The number of rotatable bonds is 4. The summed E-state index contributed by atoms with van der Waals surface area (Å²) >= 11 is 6.22. The van der Waals surface area contributed by atoms with Crippen LogP contribution in [0.1, 0.15) is 26.0 Å². The average Bonchev–Trinajstić information content (AvgIpc) is 2.79. The van der Waals surface area contributed by atoms with E-state index in [1.165, 1.54) is 0 Å². The van der Waals surface area contributed by atoms with Crippen LogP contribution in [0.4, 0.5) is 5.95 Å². The second-order valence-electron chi connectivity index (χ2n) is 5.00. The maximum Gasteiger partial charge on any atom is 0.220 e. The minimum absolute atomic E-state index is 0.229. The number of aryl methyl sites for hydroxylation is 2. The van der Waals surface area contributed by atoms with Crippen molar-refractivity contribution in [3.05, 3.63) is 23.1 Å². The second kappa shape index (κ2) is 5.57. The van der Waals surface area contributed by atoms with Gasteiger partial charge in [0.25, 0.3) is 0 Å². The monoisotopic (exact) mass is 279 g/mol. The molecular weight excluding hydrogens is 262 g/mol. The Labute approximate surface area is 117 Å². The third-order valence-electron chi connectivity index (χ3n) is 2.88. The molecule has 0 bridgehead atoms. The van der Waals surface area contributed by atoms with Crippen molar-refractivity contribution in [3.8, 4) is 11.3 Å². The Hall–Kier alpha value is -1.62. The lowest BCUT2D eigenvalue weighted by atomic mass is 10.1. The number of nitrogens with zero attached hydrogens (tertiary/aromatic N) is 4. The van der Waals surface area contributed by atoms with E-state index >= 15 is 0 Å². The van der Waals surface area contributed by atoms with Gasteiger partial charge in [-0.15, -0.1) is 0 Å². The van der Waals surface area contributed by atoms with Crippen LogP contribution in [-0.4, -0.2) is 19.7 Å². The molecule has 19 heavy (non-hydrogen) atoms. The van der Waals surface area contributed by atoms with Crippen molar-refractivity contribution in [2.24, 2.45) is 5.92 Å². The minimum Gasteiger partial charge on any atom is -0.368 e. The van der Waals surface area contributed by atoms with E-state index in [0.717, 1.165) is 18.5 Å². The van der Waals surface area contributed by atoms with E-state index in [4.69, 9.17) is 17.3 Å². The van der Waals surface area contributed by atoms with Gasteiger partial charge < -0.3 is 5.73 Å². The molecule has 0 radical (unpaired) electrons. The van der Waals surface area contributed by atoms with Crippen LogP contribution >= 0.6 is 11.6 Å². The minimum atomic E-state index is 0.229. The lowest BCUT2D eigenvalue weighted by molar-refractivity contribution is 0.487. The standard InChI is InChI=1S/C13H18ClN5/c1-8(2)4-5-19-7-10(6-16-19)12-11(14)9(3)17-13(15)18-12/h6-8H,4-5H2,1-3H3,(H2,15,17,18).